The van der Waals surface area contributed by atoms with Crippen molar-refractivity contribution in [1.82, 2.24) is 30.5 Å². The number of aromatic amines is 1. The van der Waals surface area contributed by atoms with Crippen LogP contribution in [0.15, 0.2) is 12.3 Å². The number of ether oxygens (including phenoxy) is 1. The number of carbonyl (C=O) groups excluding carboxylic acids is 2. The maximum atomic E-state index is 12.2. The topological polar surface area (TPSA) is 127 Å². The van der Waals surface area contributed by atoms with E-state index >= 15 is 0 Å². The van der Waals surface area contributed by atoms with Crippen LogP contribution in [0.25, 0.3) is 0 Å². The van der Waals surface area contributed by atoms with Gasteiger partial charge in [-0.05, 0) is 39.5 Å². The van der Waals surface area contributed by atoms with Crippen LogP contribution in [0, 0.1) is 0 Å². The zero-order valence-electron chi connectivity index (χ0n) is 17.1. The first kappa shape index (κ1) is 20.8. The molecule has 0 unspecified atom stereocenters. The molecule has 10 nitrogen and oxygen atoms in total. The van der Waals surface area contributed by atoms with Gasteiger partial charge in [-0.1, -0.05) is 6.92 Å². The van der Waals surface area contributed by atoms with Crippen LogP contribution in [0.3, 0.4) is 0 Å². The van der Waals surface area contributed by atoms with Gasteiger partial charge in [-0.25, -0.2) is 4.79 Å². The van der Waals surface area contributed by atoms with Crippen LogP contribution in [-0.2, 0) is 22.5 Å². The quantitative estimate of drug-likeness (QED) is 0.621. The molecule has 0 bridgehead atoms. The van der Waals surface area contributed by atoms with E-state index in [9.17, 15) is 9.59 Å². The van der Waals surface area contributed by atoms with Gasteiger partial charge >= 0.3 is 6.09 Å². The minimum Gasteiger partial charge on any atom is -0.446 e. The molecule has 0 spiro atoms. The fourth-order valence-electron chi connectivity index (χ4n) is 3.35. The summed E-state index contributed by atoms with van der Waals surface area (Å²) in [4.78, 5) is 25.6. The van der Waals surface area contributed by atoms with E-state index in [1.165, 1.54) is 4.80 Å². The van der Waals surface area contributed by atoms with Crippen molar-refractivity contribution in [3.63, 3.8) is 0 Å². The van der Waals surface area contributed by atoms with Crippen molar-refractivity contribution in [2.45, 2.75) is 77.5 Å². The van der Waals surface area contributed by atoms with E-state index in [0.717, 1.165) is 31.4 Å². The Labute approximate surface area is 169 Å². The third-order valence-corrected chi connectivity index (χ3v) is 5.15. The van der Waals surface area contributed by atoms with Gasteiger partial charge in [0.2, 0.25) is 5.91 Å². The molecule has 0 aliphatic heterocycles. The number of anilines is 1. The molecule has 1 aliphatic carbocycles. The van der Waals surface area contributed by atoms with Gasteiger partial charge in [0.1, 0.15) is 6.10 Å². The molecule has 158 valence electrons. The lowest BCUT2D eigenvalue weighted by Crippen LogP contribution is -2.34. The number of aryl methyl sites for hydroxylation is 1. The second-order valence-corrected chi connectivity index (χ2v) is 7.45. The zero-order valence-corrected chi connectivity index (χ0v) is 17.1. The molecular formula is C19H29N7O3. The monoisotopic (exact) mass is 403 g/mol. The average molecular weight is 403 g/mol. The van der Waals surface area contributed by atoms with Crippen molar-refractivity contribution in [3.05, 3.63) is 23.7 Å². The van der Waals surface area contributed by atoms with Crippen LogP contribution in [0.4, 0.5) is 10.6 Å². The lowest BCUT2D eigenvalue weighted by molar-refractivity contribution is -0.115. The number of hydrogen-bond donors (Lipinski definition) is 3. The first-order chi connectivity index (χ1) is 14.0. The predicted molar refractivity (Wildman–Crippen MR) is 106 cm³/mol. The molecule has 3 rings (SSSR count). The fourth-order valence-corrected chi connectivity index (χ4v) is 3.35. The molecular weight excluding hydrogens is 374 g/mol. The Morgan fingerprint density at radius 1 is 1.38 bits per heavy atom. The fraction of sp³-hybridized carbons (Fsp3) is 0.632. The Morgan fingerprint density at radius 2 is 2.21 bits per heavy atom. The maximum Gasteiger partial charge on any atom is 0.407 e. The van der Waals surface area contributed by atoms with Crippen molar-refractivity contribution in [1.29, 1.82) is 0 Å². The summed E-state index contributed by atoms with van der Waals surface area (Å²) in [7, 11) is 0. The first-order valence-corrected chi connectivity index (χ1v) is 10.2. The van der Waals surface area contributed by atoms with Crippen LogP contribution in [0.2, 0.25) is 0 Å². The average Bonchev–Trinajstić information content (AvgIpc) is 3.42. The van der Waals surface area contributed by atoms with Crippen LogP contribution in [0.5, 0.6) is 0 Å². The van der Waals surface area contributed by atoms with Crippen molar-refractivity contribution in [3.8, 4) is 0 Å². The van der Waals surface area contributed by atoms with Crippen LogP contribution in [-0.4, -0.2) is 49.3 Å². The second-order valence-electron chi connectivity index (χ2n) is 7.45. The Morgan fingerprint density at radius 3 is 2.93 bits per heavy atom. The Bertz CT molecular complexity index is 831. The molecule has 1 aliphatic rings. The summed E-state index contributed by atoms with van der Waals surface area (Å²) < 4.78 is 5.52. The number of aromatic nitrogens is 5. The number of H-pyrrole nitrogens is 1. The van der Waals surface area contributed by atoms with Crippen LogP contribution < -0.4 is 10.6 Å². The number of nitrogens with zero attached hydrogens (tertiary/aromatic N) is 4. The van der Waals surface area contributed by atoms with Gasteiger partial charge in [-0.2, -0.15) is 20.1 Å². The number of nitrogens with one attached hydrogen (secondary N) is 3. The van der Waals surface area contributed by atoms with E-state index < -0.39 is 0 Å². The summed E-state index contributed by atoms with van der Waals surface area (Å²) in [6.45, 7) is 6.56. The summed E-state index contributed by atoms with van der Waals surface area (Å²) in [5.41, 5.74) is 1.55. The van der Waals surface area contributed by atoms with Gasteiger partial charge in [0.15, 0.2) is 5.82 Å². The highest BCUT2D eigenvalue weighted by molar-refractivity contribution is 5.91. The number of rotatable bonds is 8. The van der Waals surface area contributed by atoms with Crippen molar-refractivity contribution in [2.75, 3.05) is 5.32 Å². The molecule has 1 saturated carbocycles. The molecule has 0 radical (unpaired) electrons. The minimum absolute atomic E-state index is 0.102. The molecule has 10 heteroatoms. The van der Waals surface area contributed by atoms with Crippen LogP contribution >= 0.6 is 0 Å². The Hall–Kier alpha value is -2.91. The summed E-state index contributed by atoms with van der Waals surface area (Å²) in [5.74, 6) is 0.506. The molecule has 0 aromatic carbocycles. The number of carbonyl (C=O) groups is 2. The summed E-state index contributed by atoms with van der Waals surface area (Å²) in [6.07, 6.45) is 4.59. The first-order valence-electron chi connectivity index (χ1n) is 10.2. The van der Waals surface area contributed by atoms with Gasteiger partial charge in [0, 0.05) is 23.7 Å². The number of amides is 2. The van der Waals surface area contributed by atoms with Gasteiger partial charge in [-0.3, -0.25) is 9.89 Å². The third-order valence-electron chi connectivity index (χ3n) is 5.15. The van der Waals surface area contributed by atoms with E-state index in [-0.39, 0.29) is 36.5 Å². The number of hydrogen-bond acceptors (Lipinski definition) is 6. The summed E-state index contributed by atoms with van der Waals surface area (Å²) >= 11 is 0. The lowest BCUT2D eigenvalue weighted by Gasteiger charge is -2.16. The molecule has 1 fully saturated rings. The molecule has 3 N–H and O–H groups in total. The standard InChI is InChI=1S/C19H29N7O3/c1-4-12(3)21-19(28)29-15-7-6-13(8-15)16-10-17(24-23-16)22-18(27)9-14-11-20-26(5-2)25-14/h10-13,15H,4-9H2,1-3H3,(H,21,28)(H2,22,23,24,27)/t12-,13-,15+/m0/s1. The smallest absolute Gasteiger partial charge is 0.407 e. The van der Waals surface area contributed by atoms with E-state index in [0.29, 0.717) is 18.1 Å². The van der Waals surface area contributed by atoms with E-state index in [1.54, 1.807) is 6.20 Å². The molecule has 0 saturated heterocycles. The van der Waals surface area contributed by atoms with Gasteiger partial charge < -0.3 is 15.4 Å². The number of alkyl carbamates (subject to hydrolysis) is 1. The van der Waals surface area contributed by atoms with E-state index in [4.69, 9.17) is 4.74 Å². The summed E-state index contributed by atoms with van der Waals surface area (Å²) in [6, 6.07) is 1.94. The molecule has 2 aromatic heterocycles. The third kappa shape index (κ3) is 5.78. The minimum atomic E-state index is -0.359. The van der Waals surface area contributed by atoms with Crippen molar-refractivity contribution >= 4 is 17.8 Å². The zero-order chi connectivity index (χ0) is 20.8. The second kappa shape index (κ2) is 9.53. The highest BCUT2D eigenvalue weighted by Gasteiger charge is 2.30. The normalized spacial score (nSPS) is 19.7. The highest BCUT2D eigenvalue weighted by atomic mass is 16.6. The van der Waals surface area contributed by atoms with E-state index in [2.05, 4.69) is 31.0 Å². The van der Waals surface area contributed by atoms with E-state index in [1.807, 2.05) is 26.8 Å². The molecule has 2 amide bonds. The Balaban J connectivity index is 1.47. The highest BCUT2D eigenvalue weighted by Crippen LogP contribution is 2.35. The molecule has 2 heterocycles. The molecule has 29 heavy (non-hydrogen) atoms. The largest absolute Gasteiger partial charge is 0.446 e. The SMILES string of the molecule is CC[C@H](C)NC(=O)O[C@@H]1CC[C@H](c2cc(NC(=O)Cc3cnn(CC)n3)n[nH]2)C1. The van der Waals surface area contributed by atoms with Crippen molar-refractivity contribution < 1.29 is 14.3 Å². The van der Waals surface area contributed by atoms with Gasteiger partial charge in [0.25, 0.3) is 0 Å². The van der Waals surface area contributed by atoms with Gasteiger partial charge in [-0.15, -0.1) is 0 Å². The molecule has 3 atom stereocenters. The van der Waals surface area contributed by atoms with Gasteiger partial charge in [0.05, 0.1) is 24.9 Å². The van der Waals surface area contributed by atoms with Crippen LogP contribution in [0.1, 0.15) is 63.8 Å². The summed E-state index contributed by atoms with van der Waals surface area (Å²) in [5, 5.41) is 21.0. The lowest BCUT2D eigenvalue weighted by atomic mass is 10.0. The Kier molecular flexibility index (Phi) is 6.84. The maximum absolute atomic E-state index is 12.2. The molecule has 2 aromatic rings. The van der Waals surface area contributed by atoms with Crippen molar-refractivity contribution in [2.24, 2.45) is 0 Å². The predicted octanol–water partition coefficient (Wildman–Crippen LogP) is 2.36.